The Morgan fingerprint density at radius 3 is 2.45 bits per heavy atom. The molecule has 5 rings (SSSR count). The molecule has 1 heterocycles. The number of hydrogen-bond donors (Lipinski definition) is 2. The smallest absolute Gasteiger partial charge is 0.251 e. The molecule has 106 valence electrons. The van der Waals surface area contributed by atoms with Crippen molar-refractivity contribution in [3.63, 3.8) is 0 Å². The number of carbonyl (C=O) groups is 1. The van der Waals surface area contributed by atoms with E-state index in [4.69, 9.17) is 5.73 Å². The first-order valence-corrected chi connectivity index (χ1v) is 7.57. The summed E-state index contributed by atoms with van der Waals surface area (Å²) < 4.78 is 0. The number of nitrogens with one attached hydrogen (secondary N) is 1. The summed E-state index contributed by atoms with van der Waals surface area (Å²) in [5, 5.41) is 3.32. The van der Waals surface area contributed by atoms with Gasteiger partial charge >= 0.3 is 0 Å². The summed E-state index contributed by atoms with van der Waals surface area (Å²) in [7, 11) is 0. The number of nitrogens with zero attached hydrogens (tertiary/aromatic N) is 1. The SMILES string of the molecule is NC12CC3CC(C1)CC(NC(=O)c1ccncc1)(C3)C2. The molecule has 1 amide bonds. The molecule has 2 atom stereocenters. The fourth-order valence-corrected chi connectivity index (χ4v) is 5.30. The van der Waals surface area contributed by atoms with E-state index < -0.39 is 0 Å². The molecule has 0 spiro atoms. The highest BCUT2D eigenvalue weighted by molar-refractivity contribution is 5.94. The van der Waals surface area contributed by atoms with Crippen LogP contribution in [0.1, 0.15) is 48.9 Å². The van der Waals surface area contributed by atoms with Crippen molar-refractivity contribution in [2.75, 3.05) is 0 Å². The number of hydrogen-bond acceptors (Lipinski definition) is 3. The fraction of sp³-hybridized carbons (Fsp3) is 0.625. The molecule has 20 heavy (non-hydrogen) atoms. The van der Waals surface area contributed by atoms with Gasteiger partial charge in [0, 0.05) is 29.0 Å². The second-order valence-electron chi connectivity index (χ2n) is 7.29. The van der Waals surface area contributed by atoms with E-state index in [0.29, 0.717) is 17.4 Å². The van der Waals surface area contributed by atoms with Gasteiger partial charge in [0.25, 0.3) is 5.91 Å². The molecule has 4 saturated carbocycles. The molecule has 0 aromatic carbocycles. The average Bonchev–Trinajstić information content (AvgIpc) is 2.36. The van der Waals surface area contributed by atoms with Crippen LogP contribution in [-0.2, 0) is 0 Å². The molecule has 0 radical (unpaired) electrons. The van der Waals surface area contributed by atoms with Gasteiger partial charge in [-0.25, -0.2) is 0 Å². The number of pyridine rings is 1. The second kappa shape index (κ2) is 4.04. The summed E-state index contributed by atoms with van der Waals surface area (Å²) in [6.07, 6.45) is 10.1. The van der Waals surface area contributed by atoms with E-state index in [1.165, 1.54) is 6.42 Å². The number of amides is 1. The highest BCUT2D eigenvalue weighted by Gasteiger charge is 2.56. The maximum Gasteiger partial charge on any atom is 0.251 e. The molecule has 1 aromatic rings. The summed E-state index contributed by atoms with van der Waals surface area (Å²) in [5.41, 5.74) is 7.17. The summed E-state index contributed by atoms with van der Waals surface area (Å²) >= 11 is 0. The first kappa shape index (κ1) is 12.3. The van der Waals surface area contributed by atoms with Crippen molar-refractivity contribution in [1.82, 2.24) is 10.3 Å². The molecule has 4 bridgehead atoms. The van der Waals surface area contributed by atoms with Gasteiger partial charge in [-0.05, 0) is 62.5 Å². The van der Waals surface area contributed by atoms with Crippen molar-refractivity contribution in [2.45, 2.75) is 49.6 Å². The third-order valence-corrected chi connectivity index (χ3v) is 5.43. The number of rotatable bonds is 2. The molecule has 0 saturated heterocycles. The quantitative estimate of drug-likeness (QED) is 0.862. The summed E-state index contributed by atoms with van der Waals surface area (Å²) in [6.45, 7) is 0. The van der Waals surface area contributed by atoms with E-state index in [1.807, 2.05) is 0 Å². The van der Waals surface area contributed by atoms with Crippen LogP contribution < -0.4 is 11.1 Å². The van der Waals surface area contributed by atoms with Crippen molar-refractivity contribution in [3.05, 3.63) is 30.1 Å². The highest BCUT2D eigenvalue weighted by atomic mass is 16.1. The fourth-order valence-electron chi connectivity index (χ4n) is 5.30. The van der Waals surface area contributed by atoms with Crippen LogP contribution in [0.25, 0.3) is 0 Å². The zero-order valence-corrected chi connectivity index (χ0v) is 11.6. The van der Waals surface area contributed by atoms with Gasteiger partial charge < -0.3 is 11.1 Å². The lowest BCUT2D eigenvalue weighted by Crippen LogP contribution is -2.68. The van der Waals surface area contributed by atoms with Gasteiger partial charge in [-0.2, -0.15) is 0 Å². The summed E-state index contributed by atoms with van der Waals surface area (Å²) in [6, 6.07) is 3.54. The topological polar surface area (TPSA) is 68.0 Å². The van der Waals surface area contributed by atoms with E-state index in [0.717, 1.165) is 32.1 Å². The lowest BCUT2D eigenvalue weighted by Gasteiger charge is -2.61. The first-order chi connectivity index (χ1) is 9.56. The number of carbonyl (C=O) groups excluding carboxylic acids is 1. The van der Waals surface area contributed by atoms with Crippen molar-refractivity contribution in [3.8, 4) is 0 Å². The highest BCUT2D eigenvalue weighted by Crippen LogP contribution is 2.56. The van der Waals surface area contributed by atoms with E-state index in [2.05, 4.69) is 10.3 Å². The molecule has 2 unspecified atom stereocenters. The van der Waals surface area contributed by atoms with E-state index >= 15 is 0 Å². The molecule has 0 aliphatic heterocycles. The molecule has 4 nitrogen and oxygen atoms in total. The molecule has 4 aliphatic rings. The second-order valence-corrected chi connectivity index (χ2v) is 7.29. The molecule has 3 N–H and O–H groups in total. The van der Waals surface area contributed by atoms with Gasteiger partial charge in [-0.15, -0.1) is 0 Å². The van der Waals surface area contributed by atoms with Crippen LogP contribution in [0.5, 0.6) is 0 Å². The van der Waals surface area contributed by atoms with Gasteiger partial charge in [0.1, 0.15) is 0 Å². The van der Waals surface area contributed by atoms with E-state index in [-0.39, 0.29) is 17.0 Å². The molecule has 1 aromatic heterocycles. The van der Waals surface area contributed by atoms with E-state index in [9.17, 15) is 4.79 Å². The van der Waals surface area contributed by atoms with Gasteiger partial charge in [-0.1, -0.05) is 0 Å². The maximum absolute atomic E-state index is 12.5. The van der Waals surface area contributed by atoms with Crippen LogP contribution in [0.3, 0.4) is 0 Å². The normalized spacial score (nSPS) is 41.6. The van der Waals surface area contributed by atoms with Crippen molar-refractivity contribution < 1.29 is 4.79 Å². The zero-order chi connectivity index (χ0) is 13.8. The Kier molecular flexibility index (Phi) is 2.49. The van der Waals surface area contributed by atoms with Gasteiger partial charge in [0.05, 0.1) is 0 Å². The first-order valence-electron chi connectivity index (χ1n) is 7.57. The summed E-state index contributed by atoms with van der Waals surface area (Å²) in [4.78, 5) is 16.4. The Labute approximate surface area is 119 Å². The Hall–Kier alpha value is -1.42. The molecule has 4 aliphatic carbocycles. The zero-order valence-electron chi connectivity index (χ0n) is 11.6. The average molecular weight is 271 g/mol. The van der Waals surface area contributed by atoms with Crippen LogP contribution in [-0.4, -0.2) is 22.0 Å². The Bertz CT molecular complexity index is 528. The van der Waals surface area contributed by atoms with Gasteiger partial charge in [0.15, 0.2) is 0 Å². The van der Waals surface area contributed by atoms with Crippen LogP contribution in [0.2, 0.25) is 0 Å². The molecular weight excluding hydrogens is 250 g/mol. The van der Waals surface area contributed by atoms with Crippen molar-refractivity contribution in [2.24, 2.45) is 17.6 Å². The van der Waals surface area contributed by atoms with Crippen molar-refractivity contribution in [1.29, 1.82) is 0 Å². The Morgan fingerprint density at radius 1 is 1.20 bits per heavy atom. The van der Waals surface area contributed by atoms with Gasteiger partial charge in [0.2, 0.25) is 0 Å². The predicted octanol–water partition coefficient (Wildman–Crippen LogP) is 1.86. The Morgan fingerprint density at radius 2 is 1.85 bits per heavy atom. The van der Waals surface area contributed by atoms with E-state index in [1.54, 1.807) is 24.5 Å². The van der Waals surface area contributed by atoms with Gasteiger partial charge in [-0.3, -0.25) is 9.78 Å². The molecule has 4 fully saturated rings. The third kappa shape index (κ3) is 1.94. The van der Waals surface area contributed by atoms with Crippen LogP contribution in [0.15, 0.2) is 24.5 Å². The molecular formula is C16H21N3O. The Balaban J connectivity index is 1.58. The summed E-state index contributed by atoms with van der Waals surface area (Å²) in [5.74, 6) is 1.44. The number of aromatic nitrogens is 1. The van der Waals surface area contributed by atoms with Crippen LogP contribution in [0.4, 0.5) is 0 Å². The lowest BCUT2D eigenvalue weighted by atomic mass is 9.50. The maximum atomic E-state index is 12.5. The molecule has 4 heteroatoms. The van der Waals surface area contributed by atoms with Crippen LogP contribution >= 0.6 is 0 Å². The van der Waals surface area contributed by atoms with Crippen molar-refractivity contribution >= 4 is 5.91 Å². The monoisotopic (exact) mass is 271 g/mol. The lowest BCUT2D eigenvalue weighted by molar-refractivity contribution is -0.0320. The standard InChI is InChI=1S/C16H21N3O/c17-15-6-11-5-12(7-15)9-16(8-11,10-15)19-14(20)13-1-3-18-4-2-13/h1-4,11-12H,5-10,17H2,(H,19,20). The largest absolute Gasteiger partial charge is 0.347 e. The minimum atomic E-state index is -0.0564. The third-order valence-electron chi connectivity index (χ3n) is 5.43. The predicted molar refractivity (Wildman–Crippen MR) is 76.0 cm³/mol. The minimum Gasteiger partial charge on any atom is -0.347 e. The number of nitrogens with two attached hydrogens (primary N) is 1. The van der Waals surface area contributed by atoms with Crippen LogP contribution in [0, 0.1) is 11.8 Å². The minimum absolute atomic E-state index is 0.0259.